The van der Waals surface area contributed by atoms with Crippen molar-refractivity contribution in [2.45, 2.75) is 38.8 Å². The molecule has 0 aliphatic carbocycles. The smallest absolute Gasteiger partial charge is 0.242 e. The zero-order chi connectivity index (χ0) is 12.3. The van der Waals surface area contributed by atoms with Gasteiger partial charge in [-0.25, -0.2) is 0 Å². The summed E-state index contributed by atoms with van der Waals surface area (Å²) in [4.78, 5) is 24.6. The second-order valence-electron chi connectivity index (χ2n) is 4.69. The Kier molecular flexibility index (Phi) is 3.91. The van der Waals surface area contributed by atoms with E-state index in [9.17, 15) is 9.59 Å². The van der Waals surface area contributed by atoms with Crippen LogP contribution in [0.25, 0.3) is 0 Å². The second-order valence-corrected chi connectivity index (χ2v) is 4.69. The van der Waals surface area contributed by atoms with Gasteiger partial charge in [0.05, 0.1) is 12.1 Å². The maximum absolute atomic E-state index is 11.6. The molecule has 1 rings (SSSR count). The van der Waals surface area contributed by atoms with Crippen molar-refractivity contribution in [3.63, 3.8) is 0 Å². The van der Waals surface area contributed by atoms with E-state index >= 15 is 0 Å². The molecule has 1 atom stereocenters. The SMILES string of the molecule is COC(C)(C)CCN1C(=O)CNC(=O)C1C. The average Bonchev–Trinajstić information content (AvgIpc) is 2.24. The van der Waals surface area contributed by atoms with Crippen molar-refractivity contribution >= 4 is 11.8 Å². The van der Waals surface area contributed by atoms with E-state index in [0.717, 1.165) is 0 Å². The predicted molar refractivity (Wildman–Crippen MR) is 59.9 cm³/mol. The molecule has 0 spiro atoms. The third kappa shape index (κ3) is 2.95. The zero-order valence-electron chi connectivity index (χ0n) is 10.4. The minimum Gasteiger partial charge on any atom is -0.379 e. The lowest BCUT2D eigenvalue weighted by Gasteiger charge is -2.35. The molecule has 0 saturated carbocycles. The summed E-state index contributed by atoms with van der Waals surface area (Å²) in [6.45, 7) is 6.33. The first-order valence-corrected chi connectivity index (χ1v) is 5.50. The number of ether oxygens (including phenoxy) is 1. The van der Waals surface area contributed by atoms with Gasteiger partial charge in [0, 0.05) is 13.7 Å². The van der Waals surface area contributed by atoms with Gasteiger partial charge in [0.1, 0.15) is 6.04 Å². The standard InChI is InChI=1S/C11H20N2O3/c1-8-10(15)12-7-9(14)13(8)6-5-11(2,3)16-4/h8H,5-7H2,1-4H3,(H,12,15). The van der Waals surface area contributed by atoms with E-state index in [1.807, 2.05) is 13.8 Å². The van der Waals surface area contributed by atoms with E-state index in [1.54, 1.807) is 18.9 Å². The fourth-order valence-corrected chi connectivity index (χ4v) is 1.58. The molecule has 0 bridgehead atoms. The highest BCUT2D eigenvalue weighted by Crippen LogP contribution is 2.15. The van der Waals surface area contributed by atoms with Crippen LogP contribution < -0.4 is 5.32 Å². The van der Waals surface area contributed by atoms with Gasteiger partial charge in [-0.2, -0.15) is 0 Å². The molecule has 0 radical (unpaired) electrons. The number of carbonyl (C=O) groups is 2. The number of rotatable bonds is 4. The van der Waals surface area contributed by atoms with Crippen LogP contribution in [0.4, 0.5) is 0 Å². The van der Waals surface area contributed by atoms with Gasteiger partial charge in [0.15, 0.2) is 0 Å². The molecule has 1 fully saturated rings. The minimum absolute atomic E-state index is 0.0287. The molecular formula is C11H20N2O3. The molecule has 0 aromatic heterocycles. The fraction of sp³-hybridized carbons (Fsp3) is 0.818. The third-order valence-corrected chi connectivity index (χ3v) is 3.09. The lowest BCUT2D eigenvalue weighted by atomic mass is 10.0. The Morgan fingerprint density at radius 3 is 2.69 bits per heavy atom. The van der Waals surface area contributed by atoms with Crippen LogP contribution >= 0.6 is 0 Å². The topological polar surface area (TPSA) is 58.6 Å². The van der Waals surface area contributed by atoms with E-state index in [0.29, 0.717) is 13.0 Å². The summed E-state index contributed by atoms with van der Waals surface area (Å²) >= 11 is 0. The lowest BCUT2D eigenvalue weighted by molar-refractivity contribution is -0.145. The highest BCUT2D eigenvalue weighted by molar-refractivity contribution is 5.94. The predicted octanol–water partition coefficient (Wildman–Crippen LogP) is 0.148. The zero-order valence-corrected chi connectivity index (χ0v) is 10.4. The third-order valence-electron chi connectivity index (χ3n) is 3.09. The van der Waals surface area contributed by atoms with E-state index in [4.69, 9.17) is 4.74 Å². The van der Waals surface area contributed by atoms with Crippen LogP contribution in [-0.4, -0.2) is 48.6 Å². The molecule has 0 aromatic rings. The maximum Gasteiger partial charge on any atom is 0.242 e. The van der Waals surface area contributed by atoms with Crippen LogP contribution in [0.5, 0.6) is 0 Å². The highest BCUT2D eigenvalue weighted by Gasteiger charge is 2.31. The first-order chi connectivity index (χ1) is 7.37. The van der Waals surface area contributed by atoms with Crippen molar-refractivity contribution < 1.29 is 14.3 Å². The van der Waals surface area contributed by atoms with E-state index in [-0.39, 0.29) is 30.0 Å². The molecule has 1 unspecified atom stereocenters. The summed E-state index contributed by atoms with van der Waals surface area (Å²) in [5.74, 6) is -0.117. The summed E-state index contributed by atoms with van der Waals surface area (Å²) < 4.78 is 5.29. The molecule has 1 heterocycles. The first kappa shape index (κ1) is 13.0. The second kappa shape index (κ2) is 4.82. The molecule has 1 N–H and O–H groups in total. The number of hydrogen-bond donors (Lipinski definition) is 1. The van der Waals surface area contributed by atoms with Crippen molar-refractivity contribution in [3.05, 3.63) is 0 Å². The average molecular weight is 228 g/mol. The Morgan fingerprint density at radius 2 is 2.12 bits per heavy atom. The van der Waals surface area contributed by atoms with Crippen LogP contribution in [0.1, 0.15) is 27.2 Å². The first-order valence-electron chi connectivity index (χ1n) is 5.50. The Labute approximate surface area is 96.1 Å². The lowest BCUT2D eigenvalue weighted by Crippen LogP contribution is -2.57. The normalized spacial score (nSPS) is 22.2. The van der Waals surface area contributed by atoms with Crippen molar-refractivity contribution in [2.24, 2.45) is 0 Å². The molecule has 1 aliphatic rings. The summed E-state index contributed by atoms with van der Waals surface area (Å²) in [5.41, 5.74) is -0.270. The molecule has 0 aromatic carbocycles. The van der Waals surface area contributed by atoms with Gasteiger partial charge in [-0.3, -0.25) is 9.59 Å². The monoisotopic (exact) mass is 228 g/mol. The van der Waals surface area contributed by atoms with Crippen molar-refractivity contribution in [3.8, 4) is 0 Å². The maximum atomic E-state index is 11.6. The number of amides is 2. The minimum atomic E-state index is -0.381. The fourth-order valence-electron chi connectivity index (χ4n) is 1.58. The van der Waals surface area contributed by atoms with Crippen LogP contribution in [-0.2, 0) is 14.3 Å². The van der Waals surface area contributed by atoms with Crippen LogP contribution in [0.2, 0.25) is 0 Å². The molecular weight excluding hydrogens is 208 g/mol. The number of piperazine rings is 1. The Bertz CT molecular complexity index is 289. The molecule has 2 amide bonds. The number of methoxy groups -OCH3 is 1. The summed E-state index contributed by atoms with van der Waals surface area (Å²) in [6, 6.07) is -0.381. The van der Waals surface area contributed by atoms with Crippen LogP contribution in [0.3, 0.4) is 0 Å². The summed E-state index contributed by atoms with van der Waals surface area (Å²) in [6.07, 6.45) is 0.715. The Balaban J connectivity index is 2.57. The van der Waals surface area contributed by atoms with Gasteiger partial charge in [-0.15, -0.1) is 0 Å². The molecule has 1 saturated heterocycles. The quantitative estimate of drug-likeness (QED) is 0.745. The van der Waals surface area contributed by atoms with Gasteiger partial charge in [-0.1, -0.05) is 0 Å². The summed E-state index contributed by atoms with van der Waals surface area (Å²) in [7, 11) is 1.65. The largest absolute Gasteiger partial charge is 0.379 e. The van der Waals surface area contributed by atoms with Gasteiger partial charge in [0.25, 0.3) is 0 Å². The molecule has 92 valence electrons. The molecule has 1 aliphatic heterocycles. The number of nitrogens with zero attached hydrogens (tertiary/aromatic N) is 1. The highest BCUT2D eigenvalue weighted by atomic mass is 16.5. The van der Waals surface area contributed by atoms with Gasteiger partial charge >= 0.3 is 0 Å². The van der Waals surface area contributed by atoms with Crippen molar-refractivity contribution in [1.29, 1.82) is 0 Å². The van der Waals surface area contributed by atoms with Crippen molar-refractivity contribution in [1.82, 2.24) is 10.2 Å². The van der Waals surface area contributed by atoms with Gasteiger partial charge in [-0.05, 0) is 27.2 Å². The summed E-state index contributed by atoms with van der Waals surface area (Å²) in [5, 5.41) is 2.56. The van der Waals surface area contributed by atoms with E-state index < -0.39 is 0 Å². The number of carbonyl (C=O) groups excluding carboxylic acids is 2. The van der Waals surface area contributed by atoms with E-state index in [2.05, 4.69) is 5.32 Å². The van der Waals surface area contributed by atoms with E-state index in [1.165, 1.54) is 0 Å². The van der Waals surface area contributed by atoms with Crippen LogP contribution in [0.15, 0.2) is 0 Å². The molecule has 16 heavy (non-hydrogen) atoms. The van der Waals surface area contributed by atoms with Gasteiger partial charge < -0.3 is 15.0 Å². The van der Waals surface area contributed by atoms with Crippen molar-refractivity contribution in [2.75, 3.05) is 20.2 Å². The van der Waals surface area contributed by atoms with Gasteiger partial charge in [0.2, 0.25) is 11.8 Å². The number of nitrogens with one attached hydrogen (secondary N) is 1. The Morgan fingerprint density at radius 1 is 1.50 bits per heavy atom. The molecule has 5 nitrogen and oxygen atoms in total. The molecule has 5 heteroatoms. The van der Waals surface area contributed by atoms with Crippen LogP contribution in [0, 0.1) is 0 Å². The number of hydrogen-bond acceptors (Lipinski definition) is 3. The Hall–Kier alpha value is -1.10.